The summed E-state index contributed by atoms with van der Waals surface area (Å²) in [6, 6.07) is 0. The Labute approximate surface area is 96.4 Å². The number of carbonyl (C=O) groups is 1. The van der Waals surface area contributed by atoms with Gasteiger partial charge in [0.05, 0.1) is 19.1 Å². The van der Waals surface area contributed by atoms with Crippen molar-refractivity contribution in [3.05, 3.63) is 0 Å². The predicted molar refractivity (Wildman–Crippen MR) is 60.6 cm³/mol. The lowest BCUT2D eigenvalue weighted by molar-refractivity contribution is -0.122. The fourth-order valence-corrected chi connectivity index (χ4v) is 1.88. The van der Waals surface area contributed by atoms with Gasteiger partial charge in [0.25, 0.3) is 0 Å². The number of rotatable bonds is 6. The van der Waals surface area contributed by atoms with Gasteiger partial charge in [0.15, 0.2) is 0 Å². The summed E-state index contributed by atoms with van der Waals surface area (Å²) in [5.41, 5.74) is 0. The SMILES string of the molecule is C#CCOCCC(=O)NCC1CCCC1O. The molecule has 4 heteroatoms. The molecule has 0 saturated heterocycles. The summed E-state index contributed by atoms with van der Waals surface area (Å²) in [4.78, 5) is 11.3. The molecular formula is C12H19NO3. The molecular weight excluding hydrogens is 206 g/mol. The van der Waals surface area contributed by atoms with Gasteiger partial charge >= 0.3 is 0 Å². The molecule has 90 valence electrons. The summed E-state index contributed by atoms with van der Waals surface area (Å²) in [7, 11) is 0. The molecule has 0 heterocycles. The Morgan fingerprint density at radius 3 is 3.00 bits per heavy atom. The largest absolute Gasteiger partial charge is 0.393 e. The summed E-state index contributed by atoms with van der Waals surface area (Å²) in [6.45, 7) is 1.16. The Morgan fingerprint density at radius 2 is 2.38 bits per heavy atom. The van der Waals surface area contributed by atoms with Crippen LogP contribution >= 0.6 is 0 Å². The van der Waals surface area contributed by atoms with Gasteiger partial charge in [-0.15, -0.1) is 6.42 Å². The number of hydrogen-bond donors (Lipinski definition) is 2. The molecule has 0 aliphatic heterocycles. The molecule has 1 saturated carbocycles. The third kappa shape index (κ3) is 4.65. The molecule has 2 atom stereocenters. The van der Waals surface area contributed by atoms with E-state index in [1.54, 1.807) is 0 Å². The van der Waals surface area contributed by atoms with Gasteiger partial charge in [-0.2, -0.15) is 0 Å². The lowest BCUT2D eigenvalue weighted by atomic mass is 10.1. The minimum Gasteiger partial charge on any atom is -0.393 e. The minimum atomic E-state index is -0.252. The van der Waals surface area contributed by atoms with E-state index in [1.807, 2.05) is 0 Å². The van der Waals surface area contributed by atoms with Crippen molar-refractivity contribution in [3.63, 3.8) is 0 Å². The first-order chi connectivity index (χ1) is 7.74. The number of ether oxygens (including phenoxy) is 1. The summed E-state index contributed by atoms with van der Waals surface area (Å²) in [5.74, 6) is 2.51. The Morgan fingerprint density at radius 1 is 1.56 bits per heavy atom. The van der Waals surface area contributed by atoms with Crippen LogP contribution in [0.5, 0.6) is 0 Å². The first-order valence-corrected chi connectivity index (χ1v) is 5.70. The van der Waals surface area contributed by atoms with Gasteiger partial charge in [0.2, 0.25) is 5.91 Å². The summed E-state index contributed by atoms with van der Waals surface area (Å²) >= 11 is 0. The molecule has 1 rings (SSSR count). The number of hydrogen-bond acceptors (Lipinski definition) is 3. The van der Waals surface area contributed by atoms with E-state index in [0.717, 1.165) is 19.3 Å². The lowest BCUT2D eigenvalue weighted by Crippen LogP contribution is -2.32. The van der Waals surface area contributed by atoms with Gasteiger partial charge in [-0.25, -0.2) is 0 Å². The molecule has 1 aliphatic carbocycles. The van der Waals surface area contributed by atoms with E-state index in [0.29, 0.717) is 19.6 Å². The molecule has 0 aromatic heterocycles. The highest BCUT2D eigenvalue weighted by Gasteiger charge is 2.25. The van der Waals surface area contributed by atoms with Crippen molar-refractivity contribution < 1.29 is 14.6 Å². The Hall–Kier alpha value is -1.05. The molecule has 1 fully saturated rings. The van der Waals surface area contributed by atoms with Gasteiger partial charge in [-0.3, -0.25) is 4.79 Å². The highest BCUT2D eigenvalue weighted by atomic mass is 16.5. The average Bonchev–Trinajstić information content (AvgIpc) is 2.67. The Balaban J connectivity index is 2.04. The van der Waals surface area contributed by atoms with Crippen molar-refractivity contribution in [2.45, 2.75) is 31.8 Å². The topological polar surface area (TPSA) is 58.6 Å². The van der Waals surface area contributed by atoms with Crippen molar-refractivity contribution in [1.29, 1.82) is 0 Å². The average molecular weight is 225 g/mol. The third-order valence-corrected chi connectivity index (χ3v) is 2.84. The number of amides is 1. The maximum Gasteiger partial charge on any atom is 0.222 e. The second kappa shape index (κ2) is 7.26. The van der Waals surface area contributed by atoms with Crippen LogP contribution in [0.1, 0.15) is 25.7 Å². The van der Waals surface area contributed by atoms with E-state index >= 15 is 0 Å². The van der Waals surface area contributed by atoms with E-state index in [-0.39, 0.29) is 24.5 Å². The van der Waals surface area contributed by atoms with Gasteiger partial charge in [-0.05, 0) is 12.8 Å². The van der Waals surface area contributed by atoms with Crippen molar-refractivity contribution in [2.75, 3.05) is 19.8 Å². The molecule has 4 nitrogen and oxygen atoms in total. The van der Waals surface area contributed by atoms with E-state index in [1.165, 1.54) is 0 Å². The normalized spacial score (nSPS) is 24.0. The first kappa shape index (κ1) is 13.0. The molecule has 0 radical (unpaired) electrons. The van der Waals surface area contributed by atoms with E-state index < -0.39 is 0 Å². The Bertz CT molecular complexity index is 259. The standard InChI is InChI=1S/C12H19NO3/c1-2-7-16-8-6-12(15)13-9-10-4-3-5-11(10)14/h1,10-11,14H,3-9H2,(H,13,15). The van der Waals surface area contributed by atoms with Crippen LogP contribution in [0, 0.1) is 18.3 Å². The molecule has 0 spiro atoms. The van der Waals surface area contributed by atoms with Crippen LogP contribution < -0.4 is 5.32 Å². The zero-order chi connectivity index (χ0) is 11.8. The first-order valence-electron chi connectivity index (χ1n) is 5.70. The van der Waals surface area contributed by atoms with Crippen LogP contribution in [-0.4, -0.2) is 36.9 Å². The van der Waals surface area contributed by atoms with Gasteiger partial charge in [-0.1, -0.05) is 12.3 Å². The summed E-state index contributed by atoms with van der Waals surface area (Å²) in [6.07, 6.45) is 7.97. The number of aliphatic hydroxyl groups is 1. The van der Waals surface area contributed by atoms with Crippen molar-refractivity contribution in [3.8, 4) is 12.3 Å². The number of nitrogens with one attached hydrogen (secondary N) is 1. The fourth-order valence-electron chi connectivity index (χ4n) is 1.88. The number of aliphatic hydroxyl groups excluding tert-OH is 1. The number of carbonyl (C=O) groups excluding carboxylic acids is 1. The summed E-state index contributed by atoms with van der Waals surface area (Å²) in [5, 5.41) is 12.4. The van der Waals surface area contributed by atoms with Crippen molar-refractivity contribution >= 4 is 5.91 Å². The zero-order valence-electron chi connectivity index (χ0n) is 9.45. The molecule has 0 bridgehead atoms. The maximum absolute atomic E-state index is 11.3. The van der Waals surface area contributed by atoms with Crippen LogP contribution in [0.4, 0.5) is 0 Å². The van der Waals surface area contributed by atoms with Gasteiger partial charge in [0.1, 0.15) is 6.61 Å². The second-order valence-corrected chi connectivity index (χ2v) is 4.07. The van der Waals surface area contributed by atoms with Crippen LogP contribution in [0.3, 0.4) is 0 Å². The van der Waals surface area contributed by atoms with Crippen molar-refractivity contribution in [2.24, 2.45) is 5.92 Å². The van der Waals surface area contributed by atoms with Crippen LogP contribution in [0.25, 0.3) is 0 Å². The zero-order valence-corrected chi connectivity index (χ0v) is 9.45. The van der Waals surface area contributed by atoms with Crippen LogP contribution in [0.15, 0.2) is 0 Å². The number of terminal acetylenes is 1. The minimum absolute atomic E-state index is 0.0453. The maximum atomic E-state index is 11.3. The highest BCUT2D eigenvalue weighted by Crippen LogP contribution is 2.24. The molecule has 1 aliphatic rings. The smallest absolute Gasteiger partial charge is 0.222 e. The van der Waals surface area contributed by atoms with Gasteiger partial charge in [0, 0.05) is 12.5 Å². The van der Waals surface area contributed by atoms with Gasteiger partial charge < -0.3 is 15.2 Å². The van der Waals surface area contributed by atoms with Crippen LogP contribution in [0.2, 0.25) is 0 Å². The van der Waals surface area contributed by atoms with E-state index in [4.69, 9.17) is 11.2 Å². The van der Waals surface area contributed by atoms with E-state index in [9.17, 15) is 9.90 Å². The quantitative estimate of drug-likeness (QED) is 0.505. The monoisotopic (exact) mass is 225 g/mol. The third-order valence-electron chi connectivity index (χ3n) is 2.84. The molecule has 2 N–H and O–H groups in total. The second-order valence-electron chi connectivity index (χ2n) is 4.07. The van der Waals surface area contributed by atoms with Crippen molar-refractivity contribution in [1.82, 2.24) is 5.32 Å². The fraction of sp³-hybridized carbons (Fsp3) is 0.750. The molecule has 2 unspecified atom stereocenters. The molecule has 16 heavy (non-hydrogen) atoms. The van der Waals surface area contributed by atoms with Crippen LogP contribution in [-0.2, 0) is 9.53 Å². The summed E-state index contributed by atoms with van der Waals surface area (Å²) < 4.78 is 5.00. The lowest BCUT2D eigenvalue weighted by Gasteiger charge is -2.14. The predicted octanol–water partition coefficient (Wildman–Crippen LogP) is 0.303. The highest BCUT2D eigenvalue weighted by molar-refractivity contribution is 5.75. The van der Waals surface area contributed by atoms with E-state index in [2.05, 4.69) is 11.2 Å². The molecule has 1 amide bonds. The molecule has 0 aromatic rings. The Kier molecular flexibility index (Phi) is 5.91. The molecule has 0 aromatic carbocycles.